The van der Waals surface area contributed by atoms with Gasteiger partial charge in [0.2, 0.25) is 5.91 Å². The molecule has 0 bridgehead atoms. The Morgan fingerprint density at radius 2 is 1.82 bits per heavy atom. The zero-order valence-electron chi connectivity index (χ0n) is 19.2. The van der Waals surface area contributed by atoms with E-state index in [1.54, 1.807) is 16.6 Å². The number of amides is 1. The Morgan fingerprint density at radius 1 is 1.06 bits per heavy atom. The second-order valence-electron chi connectivity index (χ2n) is 8.07. The standard InChI is InChI=1S/C28H25N5O/c1-21-7-6-8-22(17-21)18-25(19-29)23-11-13-24(14-12-23)27-20-33(31-30-27)16-15-28(34)32(2)26-9-4-3-5-10-26/h3-14,17-18,20H,15-16H2,1-2H3/b25-18+. The maximum Gasteiger partial charge on any atom is 0.228 e. The third kappa shape index (κ3) is 5.45. The molecule has 6 heteroatoms. The molecule has 168 valence electrons. The highest BCUT2D eigenvalue weighted by Gasteiger charge is 2.12. The van der Waals surface area contributed by atoms with E-state index >= 15 is 0 Å². The first-order chi connectivity index (χ1) is 16.5. The molecular formula is C28H25N5O. The monoisotopic (exact) mass is 447 g/mol. The van der Waals surface area contributed by atoms with Crippen LogP contribution in [0.3, 0.4) is 0 Å². The summed E-state index contributed by atoms with van der Waals surface area (Å²) in [4.78, 5) is 14.2. The zero-order chi connectivity index (χ0) is 23.9. The summed E-state index contributed by atoms with van der Waals surface area (Å²) in [5.41, 5.74) is 6.07. The Morgan fingerprint density at radius 3 is 2.53 bits per heavy atom. The van der Waals surface area contributed by atoms with Gasteiger partial charge in [0.25, 0.3) is 0 Å². The minimum absolute atomic E-state index is 0.0111. The first kappa shape index (κ1) is 22.7. The average molecular weight is 448 g/mol. The van der Waals surface area contributed by atoms with Crippen LogP contribution in [0.15, 0.2) is 85.1 Å². The van der Waals surface area contributed by atoms with Crippen LogP contribution in [0.25, 0.3) is 22.9 Å². The topological polar surface area (TPSA) is 74.8 Å². The number of anilines is 1. The van der Waals surface area contributed by atoms with Gasteiger partial charge >= 0.3 is 0 Å². The maximum atomic E-state index is 12.5. The number of hydrogen-bond donors (Lipinski definition) is 0. The molecule has 0 aliphatic carbocycles. The van der Waals surface area contributed by atoms with Gasteiger partial charge in [0.1, 0.15) is 5.69 Å². The van der Waals surface area contributed by atoms with E-state index < -0.39 is 0 Å². The molecule has 34 heavy (non-hydrogen) atoms. The van der Waals surface area contributed by atoms with E-state index in [4.69, 9.17) is 0 Å². The second-order valence-corrected chi connectivity index (χ2v) is 8.07. The van der Waals surface area contributed by atoms with Crippen molar-refractivity contribution in [3.8, 4) is 17.3 Å². The number of para-hydroxylation sites is 1. The highest BCUT2D eigenvalue weighted by atomic mass is 16.2. The highest BCUT2D eigenvalue weighted by molar-refractivity contribution is 5.92. The Balaban J connectivity index is 1.41. The van der Waals surface area contributed by atoms with E-state index in [0.29, 0.717) is 18.5 Å². The molecule has 0 spiro atoms. The summed E-state index contributed by atoms with van der Waals surface area (Å²) < 4.78 is 1.68. The van der Waals surface area contributed by atoms with Gasteiger partial charge in [-0.25, -0.2) is 0 Å². The van der Waals surface area contributed by atoms with Crippen molar-refractivity contribution in [1.29, 1.82) is 5.26 Å². The van der Waals surface area contributed by atoms with Gasteiger partial charge in [-0.3, -0.25) is 9.48 Å². The first-order valence-electron chi connectivity index (χ1n) is 11.0. The van der Waals surface area contributed by atoms with Crippen LogP contribution >= 0.6 is 0 Å². The second kappa shape index (κ2) is 10.4. The summed E-state index contributed by atoms with van der Waals surface area (Å²) in [6, 6.07) is 27.6. The van der Waals surface area contributed by atoms with Crippen molar-refractivity contribution in [3.05, 3.63) is 102 Å². The summed E-state index contributed by atoms with van der Waals surface area (Å²) in [6.45, 7) is 2.47. The zero-order valence-corrected chi connectivity index (χ0v) is 19.2. The number of aryl methyl sites for hydroxylation is 2. The van der Waals surface area contributed by atoms with Crippen molar-refractivity contribution in [2.45, 2.75) is 19.9 Å². The van der Waals surface area contributed by atoms with Gasteiger partial charge in [-0.15, -0.1) is 5.10 Å². The molecule has 6 nitrogen and oxygen atoms in total. The molecule has 0 aliphatic rings. The lowest BCUT2D eigenvalue weighted by Gasteiger charge is -2.16. The molecule has 0 aliphatic heterocycles. The summed E-state index contributed by atoms with van der Waals surface area (Å²) in [5.74, 6) is 0.0111. The Bertz CT molecular complexity index is 1350. The van der Waals surface area contributed by atoms with Gasteiger partial charge in [0, 0.05) is 24.7 Å². The number of nitrogens with zero attached hydrogens (tertiary/aromatic N) is 5. The van der Waals surface area contributed by atoms with Crippen LogP contribution < -0.4 is 4.90 Å². The number of carbonyl (C=O) groups excluding carboxylic acids is 1. The number of nitriles is 1. The van der Waals surface area contributed by atoms with Crippen LogP contribution in [0.5, 0.6) is 0 Å². The van der Waals surface area contributed by atoms with E-state index in [9.17, 15) is 10.1 Å². The molecule has 0 radical (unpaired) electrons. The SMILES string of the molecule is Cc1cccc(/C=C(\C#N)c2ccc(-c3cn(CCC(=O)N(C)c4ccccc4)nn3)cc2)c1. The van der Waals surface area contributed by atoms with Crippen LogP contribution in [0.1, 0.15) is 23.1 Å². The maximum absolute atomic E-state index is 12.5. The van der Waals surface area contributed by atoms with Crippen LogP contribution in [-0.2, 0) is 11.3 Å². The Kier molecular flexibility index (Phi) is 6.95. The van der Waals surface area contributed by atoms with Crippen molar-refractivity contribution in [1.82, 2.24) is 15.0 Å². The number of benzene rings is 3. The molecule has 1 amide bonds. The Labute approximate surface area is 199 Å². The van der Waals surface area contributed by atoms with Crippen molar-refractivity contribution in [3.63, 3.8) is 0 Å². The highest BCUT2D eigenvalue weighted by Crippen LogP contribution is 2.23. The Hall–Kier alpha value is -4.50. The summed E-state index contributed by atoms with van der Waals surface area (Å²) in [6.07, 6.45) is 4.04. The fourth-order valence-corrected chi connectivity index (χ4v) is 3.64. The van der Waals surface area contributed by atoms with Gasteiger partial charge in [-0.1, -0.05) is 77.5 Å². The molecule has 3 aromatic carbocycles. The molecule has 1 aromatic heterocycles. The molecule has 0 saturated heterocycles. The van der Waals surface area contributed by atoms with Gasteiger partial charge in [0.15, 0.2) is 0 Å². The van der Waals surface area contributed by atoms with Crippen LogP contribution in [-0.4, -0.2) is 27.9 Å². The van der Waals surface area contributed by atoms with E-state index in [2.05, 4.69) is 16.4 Å². The summed E-state index contributed by atoms with van der Waals surface area (Å²) in [7, 11) is 1.77. The third-order valence-electron chi connectivity index (χ3n) is 5.58. The fourth-order valence-electron chi connectivity index (χ4n) is 3.64. The number of aromatic nitrogens is 3. The van der Waals surface area contributed by atoms with Crippen molar-refractivity contribution < 1.29 is 4.79 Å². The minimum Gasteiger partial charge on any atom is -0.315 e. The lowest BCUT2D eigenvalue weighted by atomic mass is 10.0. The van der Waals surface area contributed by atoms with Crippen molar-refractivity contribution in [2.24, 2.45) is 0 Å². The number of hydrogen-bond acceptors (Lipinski definition) is 4. The molecular weight excluding hydrogens is 422 g/mol. The number of allylic oxidation sites excluding steroid dienone is 1. The molecule has 0 atom stereocenters. The van der Waals surface area contributed by atoms with Crippen LogP contribution in [0.4, 0.5) is 5.69 Å². The summed E-state index contributed by atoms with van der Waals surface area (Å²) >= 11 is 0. The predicted octanol–water partition coefficient (Wildman–Crippen LogP) is 5.37. The lowest BCUT2D eigenvalue weighted by Crippen LogP contribution is -2.27. The molecule has 0 fully saturated rings. The third-order valence-corrected chi connectivity index (χ3v) is 5.58. The number of rotatable bonds is 7. The molecule has 0 saturated carbocycles. The van der Waals surface area contributed by atoms with E-state index in [1.165, 1.54) is 0 Å². The molecule has 4 aromatic rings. The van der Waals surface area contributed by atoms with Gasteiger partial charge in [-0.05, 0) is 36.3 Å². The smallest absolute Gasteiger partial charge is 0.228 e. The summed E-state index contributed by atoms with van der Waals surface area (Å²) in [5, 5.41) is 18.1. The van der Waals surface area contributed by atoms with Gasteiger partial charge < -0.3 is 4.90 Å². The van der Waals surface area contributed by atoms with Gasteiger partial charge in [-0.2, -0.15) is 5.26 Å². The van der Waals surface area contributed by atoms with Gasteiger partial charge in [0.05, 0.1) is 24.4 Å². The molecule has 1 heterocycles. The predicted molar refractivity (Wildman–Crippen MR) is 135 cm³/mol. The minimum atomic E-state index is 0.0111. The normalized spacial score (nSPS) is 11.1. The van der Waals surface area contributed by atoms with E-state index in [0.717, 1.165) is 33.6 Å². The quantitative estimate of drug-likeness (QED) is 0.282. The number of carbonyl (C=O) groups is 1. The van der Waals surface area contributed by atoms with E-state index in [1.807, 2.05) is 98.1 Å². The van der Waals surface area contributed by atoms with Crippen LogP contribution in [0, 0.1) is 18.3 Å². The van der Waals surface area contributed by atoms with Crippen LogP contribution in [0.2, 0.25) is 0 Å². The first-order valence-corrected chi connectivity index (χ1v) is 11.0. The average Bonchev–Trinajstić information content (AvgIpc) is 3.35. The van der Waals surface area contributed by atoms with Crippen molar-refractivity contribution >= 4 is 23.2 Å². The molecule has 0 N–H and O–H groups in total. The lowest BCUT2D eigenvalue weighted by molar-refractivity contribution is -0.118. The van der Waals surface area contributed by atoms with E-state index in [-0.39, 0.29) is 5.91 Å². The van der Waals surface area contributed by atoms with Crippen molar-refractivity contribution in [2.75, 3.05) is 11.9 Å². The fraction of sp³-hybridized carbons (Fsp3) is 0.143. The molecule has 4 rings (SSSR count). The largest absolute Gasteiger partial charge is 0.315 e. The molecule has 0 unspecified atom stereocenters.